The standard InChI is InChI=1S/C40H28N2S2.C36H26BrN.C24H18BrN.C18H14BrN/c1-3-7-39-35(5-1)37(25-43-39)29-13-21-33(22-14-29)41-31-17-9-27(10-18-31)28-11-19-32(20-12-28)42-34-23-15-30(16-24-34)38-26-44-40-8-4-2-6-36(38)40;37-33-19-11-29(12-20-33)32-17-25-36(26-18-32)38(34-21-13-30(14-22-34)27-7-3-1-4-8-27)35-23-15-31(16-24-35)28-9-5-2-6-10-28;25-21-15-11-19(12-16-21)20-13-17-24(18-14-20)26(22-7-3-1-4-8-22)23-9-5-2-6-10-23;19-15-11-13-18(14-12-15)20(16-7-3-1-4-8-16)17-9-5-2-6-10-17/h1-26,41-42H;1-26H;1-18H;1-14H. The lowest BCUT2D eigenvalue weighted by Crippen LogP contribution is -2.09. The lowest BCUT2D eigenvalue weighted by molar-refractivity contribution is 1.28. The lowest BCUT2D eigenvalue weighted by atomic mass is 10.0. The van der Waals surface area contributed by atoms with Crippen LogP contribution < -0.4 is 25.3 Å². The smallest absolute Gasteiger partial charge is 0.0462 e. The highest BCUT2D eigenvalue weighted by Crippen LogP contribution is 2.43. The van der Waals surface area contributed by atoms with Crippen molar-refractivity contribution in [2.45, 2.75) is 0 Å². The summed E-state index contributed by atoms with van der Waals surface area (Å²) in [6.07, 6.45) is 0. The molecule has 21 aromatic rings. The Hall–Kier alpha value is -14.5. The van der Waals surface area contributed by atoms with Gasteiger partial charge in [0.25, 0.3) is 0 Å². The number of nitrogens with one attached hydrogen (secondary N) is 2. The van der Waals surface area contributed by atoms with E-state index in [9.17, 15) is 0 Å². The van der Waals surface area contributed by atoms with Crippen LogP contribution in [-0.2, 0) is 0 Å². The molecular weight excluding hydrogens is 1790 g/mol. The number of anilines is 13. The molecule has 2 heterocycles. The highest BCUT2D eigenvalue weighted by atomic mass is 79.9. The molecule has 0 aliphatic heterocycles. The maximum atomic E-state index is 3.54. The molecule has 0 radical (unpaired) electrons. The Labute approximate surface area is 782 Å². The van der Waals surface area contributed by atoms with Gasteiger partial charge in [-0.1, -0.05) is 339 Å². The Morgan fingerprint density at radius 3 is 0.578 bits per heavy atom. The van der Waals surface area contributed by atoms with E-state index in [-0.39, 0.29) is 0 Å². The number of fused-ring (bicyclic) bond motifs is 2. The van der Waals surface area contributed by atoms with Crippen LogP contribution in [0.5, 0.6) is 0 Å². The fourth-order valence-corrected chi connectivity index (χ4v) is 18.4. The summed E-state index contributed by atoms with van der Waals surface area (Å²) in [5.74, 6) is 0. The summed E-state index contributed by atoms with van der Waals surface area (Å²) in [7, 11) is 0. The van der Waals surface area contributed by atoms with Gasteiger partial charge >= 0.3 is 0 Å². The Bertz CT molecular complexity index is 6760. The van der Waals surface area contributed by atoms with E-state index in [0.717, 1.165) is 87.4 Å². The van der Waals surface area contributed by atoms with Crippen molar-refractivity contribution in [1.82, 2.24) is 0 Å². The van der Waals surface area contributed by atoms with Gasteiger partial charge in [-0.05, 0) is 284 Å². The minimum Gasteiger partial charge on any atom is -0.356 e. The number of halogens is 3. The molecular formula is C118H86Br3N5S2. The van der Waals surface area contributed by atoms with Crippen LogP contribution in [0.3, 0.4) is 0 Å². The summed E-state index contributed by atoms with van der Waals surface area (Å²) in [6, 6.07) is 175. The summed E-state index contributed by atoms with van der Waals surface area (Å²) in [5.41, 5.74) is 31.7. The third kappa shape index (κ3) is 20.9. The fraction of sp³-hybridized carbons (Fsp3) is 0. The van der Waals surface area contributed by atoms with Crippen LogP contribution in [0.2, 0.25) is 0 Å². The van der Waals surface area contributed by atoms with Crippen molar-refractivity contribution in [3.63, 3.8) is 0 Å². The van der Waals surface area contributed by atoms with Gasteiger partial charge in [0.05, 0.1) is 0 Å². The highest BCUT2D eigenvalue weighted by Gasteiger charge is 2.18. The average Bonchev–Trinajstić information content (AvgIpc) is 1.30. The first-order valence-electron chi connectivity index (χ1n) is 42.4. The number of thiophene rings is 2. The van der Waals surface area contributed by atoms with E-state index in [2.05, 4.69) is 557 Å². The van der Waals surface area contributed by atoms with Crippen molar-refractivity contribution in [2.75, 3.05) is 25.3 Å². The molecule has 19 aromatic carbocycles. The van der Waals surface area contributed by atoms with Gasteiger partial charge in [-0.25, -0.2) is 0 Å². The largest absolute Gasteiger partial charge is 0.356 e. The van der Waals surface area contributed by atoms with E-state index in [0.29, 0.717) is 0 Å². The molecule has 10 heteroatoms. The second kappa shape index (κ2) is 41.1. The number of hydrogen-bond acceptors (Lipinski definition) is 7. The second-order valence-corrected chi connectivity index (χ2v) is 35.2. The normalized spacial score (nSPS) is 10.8. The molecule has 5 nitrogen and oxygen atoms in total. The predicted molar refractivity (Wildman–Crippen MR) is 561 cm³/mol. The zero-order valence-corrected chi connectivity index (χ0v) is 76.2. The summed E-state index contributed by atoms with van der Waals surface area (Å²) < 4.78 is 5.91. The quantitative estimate of drug-likeness (QED) is 0.0795. The molecule has 0 atom stereocenters. The van der Waals surface area contributed by atoms with E-state index in [1.165, 1.54) is 98.1 Å². The van der Waals surface area contributed by atoms with Crippen molar-refractivity contribution in [3.8, 4) is 77.9 Å². The van der Waals surface area contributed by atoms with Gasteiger partial charge in [0.2, 0.25) is 0 Å². The Balaban J connectivity index is 0.000000120. The topological polar surface area (TPSA) is 33.8 Å². The van der Waals surface area contributed by atoms with Crippen LogP contribution >= 0.6 is 70.5 Å². The number of hydrogen-bond donors (Lipinski definition) is 2. The Kier molecular flexibility index (Phi) is 27.1. The lowest BCUT2D eigenvalue weighted by Gasteiger charge is -2.26. The number of benzene rings is 19. The van der Waals surface area contributed by atoms with E-state index in [4.69, 9.17) is 0 Å². The van der Waals surface area contributed by atoms with Crippen LogP contribution in [0.4, 0.5) is 73.9 Å². The SMILES string of the molecule is Brc1ccc(-c2ccc(N(c3ccc(-c4ccccc4)cc3)c3ccc(-c4ccccc4)cc3)cc2)cc1.Brc1ccc(-c2ccc(N(c3ccccc3)c3ccccc3)cc2)cc1.Brc1ccc(N(c2ccccc2)c2ccccc2)cc1.c1ccc2c(-c3ccc(Nc4ccc(-c5ccc(Nc6ccc(-c7csc8ccccc78)cc6)cc5)cc4)cc3)csc2c1. The summed E-state index contributed by atoms with van der Waals surface area (Å²) in [6.45, 7) is 0. The van der Waals surface area contributed by atoms with Crippen LogP contribution in [0.1, 0.15) is 0 Å². The summed E-state index contributed by atoms with van der Waals surface area (Å²) in [5, 5.41) is 14.2. The Morgan fingerprint density at radius 2 is 0.328 bits per heavy atom. The van der Waals surface area contributed by atoms with Crippen LogP contribution in [-0.4, -0.2) is 0 Å². The maximum Gasteiger partial charge on any atom is 0.0462 e. The van der Waals surface area contributed by atoms with Gasteiger partial charge in [-0.2, -0.15) is 0 Å². The molecule has 0 unspecified atom stereocenters. The van der Waals surface area contributed by atoms with Gasteiger partial charge in [0.15, 0.2) is 0 Å². The molecule has 0 saturated heterocycles. The van der Waals surface area contributed by atoms with Gasteiger partial charge in [0.1, 0.15) is 0 Å². The fourth-order valence-electron chi connectivity index (χ4n) is 15.7. The monoisotopic (exact) mass is 1870 g/mol. The Morgan fingerprint density at radius 1 is 0.156 bits per heavy atom. The van der Waals surface area contributed by atoms with Gasteiger partial charge in [0, 0.05) is 119 Å². The molecule has 0 saturated carbocycles. The highest BCUT2D eigenvalue weighted by molar-refractivity contribution is 9.11. The minimum absolute atomic E-state index is 1.07. The zero-order valence-electron chi connectivity index (χ0n) is 69.8. The molecule has 0 bridgehead atoms. The number of para-hydroxylation sites is 4. The van der Waals surface area contributed by atoms with Crippen molar-refractivity contribution >= 4 is 165 Å². The third-order valence-corrected chi connectivity index (χ3v) is 25.8. The molecule has 0 amide bonds. The molecule has 2 aromatic heterocycles. The van der Waals surface area contributed by atoms with Crippen molar-refractivity contribution in [1.29, 1.82) is 0 Å². The molecule has 0 aliphatic rings. The predicted octanol–water partition coefficient (Wildman–Crippen LogP) is 37.0. The average molecular weight is 1880 g/mol. The molecule has 128 heavy (non-hydrogen) atoms. The van der Waals surface area contributed by atoms with Gasteiger partial charge in [-0.3, -0.25) is 0 Å². The van der Waals surface area contributed by atoms with Crippen LogP contribution in [0.25, 0.3) is 98.1 Å². The van der Waals surface area contributed by atoms with Crippen LogP contribution in [0.15, 0.2) is 522 Å². The van der Waals surface area contributed by atoms with Crippen molar-refractivity contribution in [2.24, 2.45) is 0 Å². The third-order valence-electron chi connectivity index (χ3n) is 22.2. The number of nitrogens with zero attached hydrogens (tertiary/aromatic N) is 3. The van der Waals surface area contributed by atoms with Gasteiger partial charge in [-0.15, -0.1) is 22.7 Å². The zero-order chi connectivity index (χ0) is 86.6. The molecule has 616 valence electrons. The first-order valence-corrected chi connectivity index (χ1v) is 46.6. The summed E-state index contributed by atoms with van der Waals surface area (Å²) in [4.78, 5) is 6.83. The van der Waals surface area contributed by atoms with Crippen molar-refractivity contribution in [3.05, 3.63) is 522 Å². The number of rotatable bonds is 20. The summed E-state index contributed by atoms with van der Waals surface area (Å²) >= 11 is 14.1. The molecule has 0 aliphatic carbocycles. The molecule has 2 N–H and O–H groups in total. The molecule has 21 rings (SSSR count). The maximum absolute atomic E-state index is 3.54. The first kappa shape index (κ1) is 84.4. The van der Waals surface area contributed by atoms with Gasteiger partial charge < -0.3 is 25.3 Å². The van der Waals surface area contributed by atoms with E-state index in [1.807, 2.05) is 24.3 Å². The second-order valence-electron chi connectivity index (χ2n) is 30.6. The minimum atomic E-state index is 1.07. The first-order chi connectivity index (χ1) is 63.2. The van der Waals surface area contributed by atoms with Crippen LogP contribution in [0, 0.1) is 0 Å². The van der Waals surface area contributed by atoms with E-state index in [1.54, 1.807) is 22.7 Å². The van der Waals surface area contributed by atoms with E-state index >= 15 is 0 Å². The van der Waals surface area contributed by atoms with E-state index < -0.39 is 0 Å². The molecule has 0 spiro atoms. The van der Waals surface area contributed by atoms with Crippen molar-refractivity contribution < 1.29 is 0 Å². The molecule has 0 fully saturated rings.